The van der Waals surface area contributed by atoms with Gasteiger partial charge in [-0.3, -0.25) is 9.69 Å². The summed E-state index contributed by atoms with van der Waals surface area (Å²) in [6.07, 6.45) is 0. The summed E-state index contributed by atoms with van der Waals surface area (Å²) in [5.41, 5.74) is 1.73. The fourth-order valence-electron chi connectivity index (χ4n) is 2.74. The maximum Gasteiger partial charge on any atom is 0.251 e. The average molecular weight is 385 g/mol. The number of nitrogens with zero attached hydrogens (tertiary/aromatic N) is 1. The molecule has 0 saturated carbocycles. The van der Waals surface area contributed by atoms with E-state index in [4.69, 9.17) is 27.9 Å². The van der Waals surface area contributed by atoms with Crippen LogP contribution in [0, 0.1) is 0 Å². The molecule has 1 aromatic carbocycles. The molecule has 1 aliphatic heterocycles. The van der Waals surface area contributed by atoms with Gasteiger partial charge in [-0.15, -0.1) is 0 Å². The first kappa shape index (κ1) is 17.7. The number of amides is 1. The van der Waals surface area contributed by atoms with Crippen LogP contribution in [0.1, 0.15) is 22.0 Å². The minimum absolute atomic E-state index is 0.145. The zero-order valence-corrected chi connectivity index (χ0v) is 15.3. The van der Waals surface area contributed by atoms with Crippen LogP contribution in [0.25, 0.3) is 0 Å². The van der Waals surface area contributed by atoms with Crippen LogP contribution in [-0.2, 0) is 4.74 Å². The van der Waals surface area contributed by atoms with Gasteiger partial charge in [-0.05, 0) is 40.6 Å². The van der Waals surface area contributed by atoms with Crippen LogP contribution in [0.5, 0.6) is 0 Å². The molecule has 0 unspecified atom stereocenters. The average Bonchev–Trinajstić information content (AvgIpc) is 3.12. The largest absolute Gasteiger partial charge is 0.379 e. The van der Waals surface area contributed by atoms with E-state index in [1.807, 2.05) is 0 Å². The minimum Gasteiger partial charge on any atom is -0.379 e. The Morgan fingerprint density at radius 2 is 2.04 bits per heavy atom. The Hall–Kier alpha value is -1.11. The third kappa shape index (κ3) is 4.29. The highest BCUT2D eigenvalue weighted by molar-refractivity contribution is 7.08. The molecule has 2 aromatic rings. The van der Waals surface area contributed by atoms with Crippen molar-refractivity contribution in [3.63, 3.8) is 0 Å². The Labute approximate surface area is 155 Å². The maximum atomic E-state index is 12.4. The number of carbonyl (C=O) groups excluding carboxylic acids is 1. The van der Waals surface area contributed by atoms with Crippen molar-refractivity contribution in [2.75, 3.05) is 32.8 Å². The second-order valence-electron chi connectivity index (χ2n) is 5.56. The van der Waals surface area contributed by atoms with Crippen LogP contribution < -0.4 is 5.32 Å². The van der Waals surface area contributed by atoms with Crippen molar-refractivity contribution in [3.8, 4) is 0 Å². The number of hydrogen-bond donors (Lipinski definition) is 1. The molecule has 3 rings (SSSR count). The molecule has 1 atom stereocenters. The monoisotopic (exact) mass is 384 g/mol. The molecule has 2 heterocycles. The molecule has 0 spiro atoms. The van der Waals surface area contributed by atoms with Crippen molar-refractivity contribution in [2.24, 2.45) is 0 Å². The molecule has 0 aliphatic carbocycles. The van der Waals surface area contributed by atoms with Crippen LogP contribution in [0.4, 0.5) is 0 Å². The molecular formula is C17H18Cl2N2O2S. The van der Waals surface area contributed by atoms with E-state index in [1.165, 1.54) is 5.56 Å². The lowest BCUT2D eigenvalue weighted by Crippen LogP contribution is -2.43. The molecule has 24 heavy (non-hydrogen) atoms. The number of ether oxygens (including phenoxy) is 1. The molecule has 1 amide bonds. The first-order valence-electron chi connectivity index (χ1n) is 7.72. The van der Waals surface area contributed by atoms with Crippen LogP contribution >= 0.6 is 34.5 Å². The normalized spacial score (nSPS) is 16.8. The van der Waals surface area contributed by atoms with Crippen molar-refractivity contribution >= 4 is 40.4 Å². The van der Waals surface area contributed by atoms with E-state index in [9.17, 15) is 4.79 Å². The van der Waals surface area contributed by atoms with Crippen molar-refractivity contribution in [1.82, 2.24) is 10.2 Å². The highest BCUT2D eigenvalue weighted by Gasteiger charge is 2.23. The Bertz CT molecular complexity index is 688. The molecule has 7 heteroatoms. The van der Waals surface area contributed by atoms with Gasteiger partial charge in [-0.25, -0.2) is 0 Å². The molecule has 1 aliphatic rings. The molecule has 4 nitrogen and oxygen atoms in total. The van der Waals surface area contributed by atoms with Crippen molar-refractivity contribution < 1.29 is 9.53 Å². The lowest BCUT2D eigenvalue weighted by molar-refractivity contribution is 0.0163. The second-order valence-corrected chi connectivity index (χ2v) is 7.15. The van der Waals surface area contributed by atoms with E-state index < -0.39 is 0 Å². The minimum atomic E-state index is -0.151. The lowest BCUT2D eigenvalue weighted by atomic mass is 10.1. The molecular weight excluding hydrogens is 367 g/mol. The summed E-state index contributed by atoms with van der Waals surface area (Å²) in [7, 11) is 0. The van der Waals surface area contributed by atoms with Gasteiger partial charge in [0.25, 0.3) is 5.91 Å². The number of benzene rings is 1. The first-order chi connectivity index (χ1) is 11.6. The highest BCUT2D eigenvalue weighted by atomic mass is 35.5. The topological polar surface area (TPSA) is 41.6 Å². The Morgan fingerprint density at radius 3 is 2.71 bits per heavy atom. The fourth-order valence-corrected chi connectivity index (χ4v) is 3.75. The van der Waals surface area contributed by atoms with Gasteiger partial charge in [0.15, 0.2) is 0 Å². The quantitative estimate of drug-likeness (QED) is 0.850. The van der Waals surface area contributed by atoms with Gasteiger partial charge in [-0.2, -0.15) is 11.3 Å². The summed E-state index contributed by atoms with van der Waals surface area (Å²) in [6, 6.07) is 7.16. The SMILES string of the molecule is O=C(NC[C@@H](c1ccsc1)N1CCOCC1)c1ccc(Cl)c(Cl)c1. The third-order valence-corrected chi connectivity index (χ3v) is 5.49. The van der Waals surface area contributed by atoms with Crippen LogP contribution in [0.3, 0.4) is 0 Å². The van der Waals surface area contributed by atoms with Gasteiger partial charge in [0.1, 0.15) is 0 Å². The van der Waals surface area contributed by atoms with Gasteiger partial charge >= 0.3 is 0 Å². The number of halogens is 2. The summed E-state index contributed by atoms with van der Waals surface area (Å²) in [5, 5.41) is 8.03. The number of hydrogen-bond acceptors (Lipinski definition) is 4. The van der Waals surface area contributed by atoms with E-state index in [-0.39, 0.29) is 11.9 Å². The van der Waals surface area contributed by atoms with Gasteiger partial charge in [0.2, 0.25) is 0 Å². The molecule has 0 bridgehead atoms. The van der Waals surface area contributed by atoms with Gasteiger partial charge in [0, 0.05) is 25.2 Å². The molecule has 1 N–H and O–H groups in total. The molecule has 1 fully saturated rings. The first-order valence-corrected chi connectivity index (χ1v) is 9.42. The summed E-state index contributed by atoms with van der Waals surface area (Å²) < 4.78 is 5.43. The molecule has 1 saturated heterocycles. The number of thiophene rings is 1. The summed E-state index contributed by atoms with van der Waals surface area (Å²) in [5.74, 6) is -0.151. The van der Waals surface area contributed by atoms with E-state index in [2.05, 4.69) is 27.0 Å². The van der Waals surface area contributed by atoms with Gasteiger partial charge in [-0.1, -0.05) is 23.2 Å². The summed E-state index contributed by atoms with van der Waals surface area (Å²) in [6.45, 7) is 3.71. The van der Waals surface area contributed by atoms with Gasteiger partial charge < -0.3 is 10.1 Å². The number of nitrogens with one attached hydrogen (secondary N) is 1. The van der Waals surface area contributed by atoms with Crippen molar-refractivity contribution in [2.45, 2.75) is 6.04 Å². The van der Waals surface area contributed by atoms with E-state index in [1.54, 1.807) is 29.5 Å². The van der Waals surface area contributed by atoms with Crippen LogP contribution in [0.15, 0.2) is 35.0 Å². The smallest absolute Gasteiger partial charge is 0.251 e. The predicted molar refractivity (Wildman–Crippen MR) is 98.2 cm³/mol. The van der Waals surface area contributed by atoms with Crippen molar-refractivity contribution in [3.05, 3.63) is 56.2 Å². The summed E-state index contributed by atoms with van der Waals surface area (Å²) >= 11 is 13.6. The number of rotatable bonds is 5. The number of carbonyl (C=O) groups is 1. The van der Waals surface area contributed by atoms with Crippen LogP contribution in [0.2, 0.25) is 10.0 Å². The van der Waals surface area contributed by atoms with Crippen LogP contribution in [-0.4, -0.2) is 43.7 Å². The zero-order chi connectivity index (χ0) is 16.9. The second kappa shape index (κ2) is 8.32. The molecule has 128 valence electrons. The lowest BCUT2D eigenvalue weighted by Gasteiger charge is -2.34. The Balaban J connectivity index is 1.68. The van der Waals surface area contributed by atoms with Crippen molar-refractivity contribution in [1.29, 1.82) is 0 Å². The zero-order valence-electron chi connectivity index (χ0n) is 13.0. The van der Waals surface area contributed by atoms with E-state index in [0.717, 1.165) is 26.3 Å². The Kier molecular flexibility index (Phi) is 6.14. The molecule has 1 aromatic heterocycles. The summed E-state index contributed by atoms with van der Waals surface area (Å²) in [4.78, 5) is 14.8. The predicted octanol–water partition coefficient (Wildman–Crippen LogP) is 3.86. The fraction of sp³-hybridized carbons (Fsp3) is 0.353. The standard InChI is InChI=1S/C17H18Cl2N2O2S/c18-14-2-1-12(9-15(14)19)17(22)20-10-16(13-3-8-24-11-13)21-4-6-23-7-5-21/h1-3,8-9,11,16H,4-7,10H2,(H,20,22)/t16-/m0/s1. The van der Waals surface area contributed by atoms with E-state index >= 15 is 0 Å². The Morgan fingerprint density at radius 1 is 1.25 bits per heavy atom. The van der Waals surface area contributed by atoms with E-state index in [0.29, 0.717) is 22.2 Å². The molecule has 0 radical (unpaired) electrons. The van der Waals surface area contributed by atoms with Gasteiger partial charge in [0.05, 0.1) is 29.3 Å². The highest BCUT2D eigenvalue weighted by Crippen LogP contribution is 2.25. The third-order valence-electron chi connectivity index (χ3n) is 4.05. The maximum absolute atomic E-state index is 12.4. The number of morpholine rings is 1.